The molecule has 0 aliphatic carbocycles. The van der Waals surface area contributed by atoms with Crippen molar-refractivity contribution >= 4 is 47.8 Å². The zero-order valence-electron chi connectivity index (χ0n) is 7.05. The minimum absolute atomic E-state index is 0.741. The van der Waals surface area contributed by atoms with Gasteiger partial charge in [-0.1, -0.05) is 77.8 Å². The molecule has 1 unspecified atom stereocenters. The number of benzene rings is 1. The van der Waals surface area contributed by atoms with Gasteiger partial charge in [-0.3, -0.25) is 0 Å². The Bertz CT molecular complexity index is 345. The van der Waals surface area contributed by atoms with Crippen molar-refractivity contribution in [3.05, 3.63) is 35.9 Å². The van der Waals surface area contributed by atoms with Gasteiger partial charge >= 0.3 is 0 Å². The van der Waals surface area contributed by atoms with Crippen LogP contribution in [0.5, 0.6) is 0 Å². The summed E-state index contributed by atoms with van der Waals surface area (Å²) in [4.78, 5) is 0. The van der Waals surface area contributed by atoms with E-state index in [9.17, 15) is 5.11 Å². The molecule has 0 radical (unpaired) electrons. The third kappa shape index (κ3) is 4.14. The lowest BCUT2D eigenvalue weighted by molar-refractivity contribution is 0.248. The molecule has 0 spiro atoms. The summed E-state index contributed by atoms with van der Waals surface area (Å²) >= 11 is 9.59. The fourth-order valence-corrected chi connectivity index (χ4v) is 1.10. The number of rotatable bonds is 0. The van der Waals surface area contributed by atoms with Crippen LogP contribution in [0.15, 0.2) is 30.3 Å². The highest BCUT2D eigenvalue weighted by Crippen LogP contribution is 2.36. The van der Waals surface area contributed by atoms with E-state index in [0.29, 0.717) is 0 Å². The summed E-state index contributed by atoms with van der Waals surface area (Å²) in [6.07, 6.45) is -0.831. The first-order chi connectivity index (χ1) is 6.50. The molecule has 1 N–H and O–H groups in total. The first-order valence-electron chi connectivity index (χ1n) is 3.81. The van der Waals surface area contributed by atoms with Crippen LogP contribution >= 0.6 is 47.8 Å². The molecule has 0 heterocycles. The average Bonchev–Trinajstić information content (AvgIpc) is 2.14. The summed E-state index contributed by atoms with van der Waals surface area (Å²) in [5.41, 5.74) is 0.878. The lowest BCUT2D eigenvalue weighted by atomic mass is 10.2. The molecule has 0 aliphatic heterocycles. The molecule has 1 aromatic rings. The third-order valence-electron chi connectivity index (χ3n) is 1.44. The predicted octanol–water partition coefficient (Wildman–Crippen LogP) is 3.24. The Hall–Kier alpha value is 0.180. The van der Waals surface area contributed by atoms with Crippen LogP contribution in [0, 0.1) is 11.8 Å². The molecule has 1 rings (SSSR count). The van der Waals surface area contributed by atoms with Gasteiger partial charge in [0.1, 0.15) is 6.10 Å². The molecule has 0 fully saturated rings. The van der Waals surface area contributed by atoms with E-state index < -0.39 is 8.25 Å². The van der Waals surface area contributed by atoms with Crippen LogP contribution in [-0.4, -0.2) is 13.4 Å². The molecule has 0 aliphatic rings. The van der Waals surface area contributed by atoms with Gasteiger partial charge in [-0.2, -0.15) is 0 Å². The lowest BCUT2D eigenvalue weighted by Gasteiger charge is -2.13. The minimum Gasteiger partial charge on any atom is -0.377 e. The van der Waals surface area contributed by atoms with E-state index in [1.54, 1.807) is 0 Å². The maximum Gasteiger partial charge on any atom is 0.171 e. The highest BCUT2D eigenvalue weighted by atomic mass is 80.0. The van der Waals surface area contributed by atoms with E-state index in [-0.39, 0.29) is 0 Å². The number of hydrogen-bond donors (Lipinski definition) is 1. The van der Waals surface area contributed by atoms with Gasteiger partial charge in [0.05, 0.1) is 0 Å². The monoisotopic (exact) mass is 380 g/mol. The summed E-state index contributed by atoms with van der Waals surface area (Å²) in [5.74, 6) is 5.56. The highest BCUT2D eigenvalue weighted by molar-refractivity contribution is 9.39. The highest BCUT2D eigenvalue weighted by Gasteiger charge is 2.26. The topological polar surface area (TPSA) is 20.2 Å². The number of hydrogen-bond acceptors (Lipinski definition) is 1. The van der Waals surface area contributed by atoms with Crippen molar-refractivity contribution in [3.8, 4) is 11.8 Å². The first-order valence-corrected chi connectivity index (χ1v) is 6.19. The second kappa shape index (κ2) is 5.32. The van der Waals surface area contributed by atoms with Gasteiger partial charge in [-0.15, -0.1) is 0 Å². The molecule has 0 saturated heterocycles. The summed E-state index contributed by atoms with van der Waals surface area (Å²) < 4.78 is -0.741. The Balaban J connectivity index is 2.74. The van der Waals surface area contributed by atoms with Gasteiger partial charge in [0.15, 0.2) is 2.14 Å². The fourth-order valence-electron chi connectivity index (χ4n) is 0.755. The van der Waals surface area contributed by atoms with E-state index in [2.05, 4.69) is 59.6 Å². The van der Waals surface area contributed by atoms with E-state index >= 15 is 0 Å². The molecular weight excluding hydrogens is 376 g/mol. The molecular formula is C10H7Br3O. The largest absolute Gasteiger partial charge is 0.377 e. The van der Waals surface area contributed by atoms with E-state index in [0.717, 1.165) is 5.56 Å². The summed E-state index contributed by atoms with van der Waals surface area (Å²) in [5, 5.41) is 9.53. The van der Waals surface area contributed by atoms with Gasteiger partial charge in [-0.25, -0.2) is 0 Å². The van der Waals surface area contributed by atoms with E-state index in [1.807, 2.05) is 30.3 Å². The molecule has 0 aromatic heterocycles. The van der Waals surface area contributed by atoms with Gasteiger partial charge in [0.2, 0.25) is 0 Å². The van der Waals surface area contributed by atoms with Crippen LogP contribution < -0.4 is 0 Å². The van der Waals surface area contributed by atoms with Crippen LogP contribution in [0.3, 0.4) is 0 Å². The zero-order valence-corrected chi connectivity index (χ0v) is 11.8. The molecule has 0 bridgehead atoms. The fraction of sp³-hybridized carbons (Fsp3) is 0.200. The molecule has 0 amide bonds. The Kier molecular flexibility index (Phi) is 4.65. The molecule has 4 heteroatoms. The van der Waals surface area contributed by atoms with E-state index in [1.165, 1.54) is 0 Å². The maximum absolute atomic E-state index is 9.53. The standard InChI is InChI=1S/C10H7Br3O/c11-10(12,13)9(14)7-6-8-4-2-1-3-5-8/h1-5,9,14H. The molecule has 14 heavy (non-hydrogen) atoms. The molecule has 74 valence electrons. The van der Waals surface area contributed by atoms with Crippen LogP contribution in [0.25, 0.3) is 0 Å². The van der Waals surface area contributed by atoms with Crippen LogP contribution in [0.4, 0.5) is 0 Å². The predicted molar refractivity (Wildman–Crippen MR) is 68.8 cm³/mol. The summed E-state index contributed by atoms with van der Waals surface area (Å²) in [6, 6.07) is 9.50. The first kappa shape index (κ1) is 12.3. The Labute approximate surface area is 108 Å². The van der Waals surface area contributed by atoms with Crippen molar-refractivity contribution in [3.63, 3.8) is 0 Å². The van der Waals surface area contributed by atoms with Crippen LogP contribution in [0.1, 0.15) is 5.56 Å². The van der Waals surface area contributed by atoms with Crippen molar-refractivity contribution in [2.45, 2.75) is 8.25 Å². The zero-order chi connectivity index (χ0) is 10.6. The van der Waals surface area contributed by atoms with E-state index in [4.69, 9.17) is 0 Å². The van der Waals surface area contributed by atoms with Gasteiger partial charge in [0, 0.05) is 5.56 Å². The Morgan fingerprint density at radius 2 is 1.71 bits per heavy atom. The SMILES string of the molecule is OC(C#Cc1ccccc1)C(Br)(Br)Br. The van der Waals surface area contributed by atoms with Gasteiger partial charge in [0.25, 0.3) is 0 Å². The van der Waals surface area contributed by atoms with Gasteiger partial charge < -0.3 is 5.11 Å². The molecule has 1 atom stereocenters. The number of aliphatic hydroxyl groups is 1. The molecule has 1 aromatic carbocycles. The number of halogens is 3. The van der Waals surface area contributed by atoms with Crippen molar-refractivity contribution in [1.82, 2.24) is 0 Å². The second-order valence-corrected chi connectivity index (χ2v) is 9.52. The van der Waals surface area contributed by atoms with Gasteiger partial charge in [-0.05, 0) is 12.1 Å². The van der Waals surface area contributed by atoms with Crippen molar-refractivity contribution in [2.75, 3.05) is 0 Å². The number of aliphatic hydroxyl groups excluding tert-OH is 1. The minimum atomic E-state index is -0.831. The Morgan fingerprint density at radius 1 is 1.14 bits per heavy atom. The van der Waals surface area contributed by atoms with Crippen LogP contribution in [-0.2, 0) is 0 Å². The summed E-state index contributed by atoms with van der Waals surface area (Å²) in [7, 11) is 0. The number of alkyl halides is 3. The normalized spacial score (nSPS) is 12.9. The molecule has 0 saturated carbocycles. The smallest absolute Gasteiger partial charge is 0.171 e. The quantitative estimate of drug-likeness (QED) is 0.539. The van der Waals surface area contributed by atoms with Crippen LogP contribution in [0.2, 0.25) is 0 Å². The lowest BCUT2D eigenvalue weighted by Crippen LogP contribution is -2.21. The Morgan fingerprint density at radius 3 is 2.21 bits per heavy atom. The maximum atomic E-state index is 9.53. The third-order valence-corrected chi connectivity index (χ3v) is 2.74. The summed E-state index contributed by atoms with van der Waals surface area (Å²) in [6.45, 7) is 0. The average molecular weight is 383 g/mol. The second-order valence-electron chi connectivity index (χ2n) is 2.58. The molecule has 1 nitrogen and oxygen atoms in total. The van der Waals surface area contributed by atoms with Crippen molar-refractivity contribution in [1.29, 1.82) is 0 Å². The van der Waals surface area contributed by atoms with Crippen molar-refractivity contribution < 1.29 is 5.11 Å². The van der Waals surface area contributed by atoms with Crippen molar-refractivity contribution in [2.24, 2.45) is 0 Å².